The van der Waals surface area contributed by atoms with Crippen LogP contribution in [-0.4, -0.2) is 33.1 Å². The lowest BCUT2D eigenvalue weighted by atomic mass is 10.2. The highest BCUT2D eigenvalue weighted by Gasteiger charge is 2.22. The number of carbonyl (C=O) groups is 1. The maximum Gasteiger partial charge on any atom is 0.318 e. The van der Waals surface area contributed by atoms with Crippen LogP contribution in [0.25, 0.3) is 11.4 Å². The van der Waals surface area contributed by atoms with E-state index < -0.39 is 5.25 Å². The Kier molecular flexibility index (Phi) is 5.68. The van der Waals surface area contributed by atoms with Gasteiger partial charge < -0.3 is 4.74 Å². The number of halogens is 1. The molecule has 1 aromatic heterocycles. The molecule has 1 atom stereocenters. The van der Waals surface area contributed by atoms with Gasteiger partial charge in [-0.2, -0.15) is 0 Å². The summed E-state index contributed by atoms with van der Waals surface area (Å²) in [7, 11) is 1.35. The fraction of sp³-hybridized carbons (Fsp3) is 0.211. The van der Waals surface area contributed by atoms with Crippen molar-refractivity contribution in [2.45, 2.75) is 23.9 Å². The van der Waals surface area contributed by atoms with Gasteiger partial charge in [-0.15, -0.1) is 10.2 Å². The van der Waals surface area contributed by atoms with Crippen molar-refractivity contribution in [3.05, 3.63) is 66.0 Å². The summed E-state index contributed by atoms with van der Waals surface area (Å²) in [5.74, 6) is -0.296. The van der Waals surface area contributed by atoms with E-state index in [1.807, 2.05) is 34.9 Å². The van der Waals surface area contributed by atoms with Crippen LogP contribution >= 0.6 is 11.8 Å². The van der Waals surface area contributed by atoms with E-state index in [9.17, 15) is 9.18 Å². The van der Waals surface area contributed by atoms with Crippen LogP contribution in [0, 0.1) is 5.82 Å². The van der Waals surface area contributed by atoms with E-state index in [0.29, 0.717) is 23.1 Å². The summed E-state index contributed by atoms with van der Waals surface area (Å²) in [6.07, 6.45) is 0. The Labute approximate surface area is 155 Å². The molecule has 0 unspecified atom stereocenters. The summed E-state index contributed by atoms with van der Waals surface area (Å²) >= 11 is 1.24. The van der Waals surface area contributed by atoms with Gasteiger partial charge in [-0.1, -0.05) is 54.2 Å². The molecule has 0 aliphatic rings. The van der Waals surface area contributed by atoms with Crippen molar-refractivity contribution in [3.63, 3.8) is 0 Å². The second kappa shape index (κ2) is 8.14. The smallest absolute Gasteiger partial charge is 0.318 e. The molecule has 134 valence electrons. The minimum Gasteiger partial charge on any atom is -0.468 e. The number of carbonyl (C=O) groups excluding carboxylic acids is 1. The largest absolute Gasteiger partial charge is 0.468 e. The van der Waals surface area contributed by atoms with E-state index in [2.05, 4.69) is 10.2 Å². The molecule has 0 aliphatic carbocycles. The number of hydrogen-bond donors (Lipinski definition) is 0. The number of ether oxygens (including phenoxy) is 1. The maximum atomic E-state index is 14.3. The molecular weight excluding hydrogens is 353 g/mol. The standard InChI is InChI=1S/C19H18FN3O2S/c1-13(18(24)25-2)26-19-22-21-17(15-10-6-7-11-16(15)20)23(19)12-14-8-4-3-5-9-14/h3-11,13H,12H2,1-2H3/t13-/m1/s1. The van der Waals surface area contributed by atoms with Crippen molar-refractivity contribution in [1.29, 1.82) is 0 Å². The van der Waals surface area contributed by atoms with Crippen molar-refractivity contribution in [2.75, 3.05) is 7.11 Å². The number of benzene rings is 2. The van der Waals surface area contributed by atoms with E-state index in [1.165, 1.54) is 24.9 Å². The third-order valence-electron chi connectivity index (χ3n) is 3.83. The van der Waals surface area contributed by atoms with Gasteiger partial charge in [-0.05, 0) is 24.6 Å². The van der Waals surface area contributed by atoms with Crippen LogP contribution in [0.2, 0.25) is 0 Å². The summed E-state index contributed by atoms with van der Waals surface area (Å²) in [6.45, 7) is 2.20. The molecule has 0 N–H and O–H groups in total. The van der Waals surface area contributed by atoms with E-state index in [-0.39, 0.29) is 11.8 Å². The highest BCUT2D eigenvalue weighted by atomic mass is 32.2. The highest BCUT2D eigenvalue weighted by molar-refractivity contribution is 8.00. The molecule has 0 aliphatic heterocycles. The Bertz CT molecular complexity index is 899. The Morgan fingerprint density at radius 1 is 1.15 bits per heavy atom. The molecule has 0 fully saturated rings. The number of esters is 1. The van der Waals surface area contributed by atoms with Crippen LogP contribution in [0.1, 0.15) is 12.5 Å². The normalized spacial score (nSPS) is 12.0. The van der Waals surface area contributed by atoms with Crippen molar-refractivity contribution in [1.82, 2.24) is 14.8 Å². The lowest BCUT2D eigenvalue weighted by molar-refractivity contribution is -0.139. The van der Waals surface area contributed by atoms with Crippen LogP contribution in [0.3, 0.4) is 0 Å². The average molecular weight is 371 g/mol. The van der Waals surface area contributed by atoms with Gasteiger partial charge in [-0.3, -0.25) is 9.36 Å². The van der Waals surface area contributed by atoms with E-state index in [4.69, 9.17) is 4.74 Å². The summed E-state index contributed by atoms with van der Waals surface area (Å²) in [5.41, 5.74) is 1.39. The van der Waals surface area contributed by atoms with Gasteiger partial charge in [0.2, 0.25) is 0 Å². The zero-order valence-electron chi connectivity index (χ0n) is 14.4. The lowest BCUT2D eigenvalue weighted by Gasteiger charge is -2.13. The molecule has 0 amide bonds. The molecule has 0 bridgehead atoms. The molecule has 0 saturated carbocycles. The Balaban J connectivity index is 2.02. The molecule has 26 heavy (non-hydrogen) atoms. The van der Waals surface area contributed by atoms with Crippen LogP contribution in [0.5, 0.6) is 0 Å². The highest BCUT2D eigenvalue weighted by Crippen LogP contribution is 2.29. The first-order chi connectivity index (χ1) is 12.6. The third-order valence-corrected chi connectivity index (χ3v) is 4.89. The van der Waals surface area contributed by atoms with Crippen LogP contribution in [0.4, 0.5) is 4.39 Å². The predicted molar refractivity (Wildman–Crippen MR) is 98.3 cm³/mol. The average Bonchev–Trinajstić information content (AvgIpc) is 3.04. The van der Waals surface area contributed by atoms with Crippen LogP contribution < -0.4 is 0 Å². The van der Waals surface area contributed by atoms with E-state index >= 15 is 0 Å². The van der Waals surface area contributed by atoms with E-state index in [1.54, 1.807) is 25.1 Å². The zero-order chi connectivity index (χ0) is 18.5. The van der Waals surface area contributed by atoms with Crippen molar-refractivity contribution in [3.8, 4) is 11.4 Å². The Morgan fingerprint density at radius 3 is 2.54 bits per heavy atom. The summed E-state index contributed by atoms with van der Waals surface area (Å²) in [4.78, 5) is 11.8. The first-order valence-electron chi connectivity index (χ1n) is 8.06. The van der Waals surface area contributed by atoms with Crippen molar-refractivity contribution >= 4 is 17.7 Å². The Hall–Kier alpha value is -2.67. The number of nitrogens with zero attached hydrogens (tertiary/aromatic N) is 3. The second-order valence-corrected chi connectivity index (χ2v) is 6.95. The predicted octanol–water partition coefficient (Wildman–Crippen LogP) is 3.79. The van der Waals surface area contributed by atoms with E-state index in [0.717, 1.165) is 5.56 Å². The fourth-order valence-electron chi connectivity index (χ4n) is 2.50. The SMILES string of the molecule is COC(=O)[C@@H](C)Sc1nnc(-c2ccccc2F)n1Cc1ccccc1. The maximum absolute atomic E-state index is 14.3. The summed E-state index contributed by atoms with van der Waals surface area (Å²) < 4.78 is 20.9. The quantitative estimate of drug-likeness (QED) is 0.487. The Morgan fingerprint density at radius 2 is 1.85 bits per heavy atom. The summed E-state index contributed by atoms with van der Waals surface area (Å²) in [6, 6.07) is 16.2. The molecule has 0 saturated heterocycles. The van der Waals surface area contributed by atoms with Gasteiger partial charge in [0.15, 0.2) is 11.0 Å². The summed E-state index contributed by atoms with van der Waals surface area (Å²) in [5, 5.41) is 8.45. The van der Waals surface area contributed by atoms with Gasteiger partial charge in [0, 0.05) is 0 Å². The van der Waals surface area contributed by atoms with Gasteiger partial charge in [0.05, 0.1) is 19.2 Å². The molecule has 7 heteroatoms. The van der Waals surface area contributed by atoms with Crippen LogP contribution in [-0.2, 0) is 16.1 Å². The molecule has 1 heterocycles. The molecule has 0 radical (unpaired) electrons. The molecule has 0 spiro atoms. The van der Waals surface area contributed by atoms with Crippen molar-refractivity contribution in [2.24, 2.45) is 0 Å². The molecular formula is C19H18FN3O2S. The number of aromatic nitrogens is 3. The monoisotopic (exact) mass is 371 g/mol. The van der Waals surface area contributed by atoms with Crippen molar-refractivity contribution < 1.29 is 13.9 Å². The minimum atomic E-state index is -0.452. The molecule has 2 aromatic carbocycles. The van der Waals surface area contributed by atoms with Crippen LogP contribution in [0.15, 0.2) is 59.8 Å². The zero-order valence-corrected chi connectivity index (χ0v) is 15.2. The molecule has 3 aromatic rings. The van der Waals surface area contributed by atoms with Gasteiger partial charge >= 0.3 is 5.97 Å². The lowest BCUT2D eigenvalue weighted by Crippen LogP contribution is -2.16. The second-order valence-electron chi connectivity index (χ2n) is 5.64. The number of thioether (sulfide) groups is 1. The van der Waals surface area contributed by atoms with Gasteiger partial charge in [-0.25, -0.2) is 4.39 Å². The third kappa shape index (κ3) is 3.94. The topological polar surface area (TPSA) is 57.0 Å². The number of rotatable bonds is 6. The first kappa shape index (κ1) is 18.1. The fourth-order valence-corrected chi connectivity index (χ4v) is 3.37. The van der Waals surface area contributed by atoms with Gasteiger partial charge in [0.1, 0.15) is 11.1 Å². The molecule has 5 nitrogen and oxygen atoms in total. The molecule has 3 rings (SSSR count). The van der Waals surface area contributed by atoms with Gasteiger partial charge in [0.25, 0.3) is 0 Å². The number of methoxy groups -OCH3 is 1. The number of hydrogen-bond acceptors (Lipinski definition) is 5. The first-order valence-corrected chi connectivity index (χ1v) is 8.94. The minimum absolute atomic E-state index is 0.350.